The third-order valence-electron chi connectivity index (χ3n) is 10.2. The number of hydrogen-bond acceptors (Lipinski definition) is 7. The summed E-state index contributed by atoms with van der Waals surface area (Å²) in [5, 5.41) is 2.10. The number of carbonyl (C=O) groups excluding carboxylic acids is 1. The Labute approximate surface area is 264 Å². The SMILES string of the molecule is COCC1CC(c2nc3c(ccc4cc5c(cc43)OCc3cc(B4OC(C)(C)C(C)(C)O4)ccc3-5)[nH]2)N(C(=O)CC(C)OC)C1. The highest BCUT2D eigenvalue weighted by Crippen LogP contribution is 2.43. The molecule has 1 amide bonds. The maximum absolute atomic E-state index is 13.3. The zero-order valence-corrected chi connectivity index (χ0v) is 27.2. The number of imidazole rings is 1. The molecule has 0 radical (unpaired) electrons. The third-order valence-corrected chi connectivity index (χ3v) is 10.2. The number of rotatable bonds is 7. The average molecular weight is 612 g/mol. The van der Waals surface area contributed by atoms with Gasteiger partial charge in [0.15, 0.2) is 0 Å². The second-order valence-electron chi connectivity index (χ2n) is 13.8. The topological polar surface area (TPSA) is 95.1 Å². The van der Waals surface area contributed by atoms with Gasteiger partial charge in [-0.25, -0.2) is 4.98 Å². The van der Waals surface area contributed by atoms with Gasteiger partial charge < -0.3 is 33.4 Å². The summed E-state index contributed by atoms with van der Waals surface area (Å²) in [6.45, 7) is 11.9. The van der Waals surface area contributed by atoms with Crippen LogP contribution in [0.4, 0.5) is 0 Å². The number of nitrogens with one attached hydrogen (secondary N) is 1. The molecule has 3 aliphatic rings. The van der Waals surface area contributed by atoms with Gasteiger partial charge in [-0.15, -0.1) is 0 Å². The van der Waals surface area contributed by atoms with Gasteiger partial charge in [0.1, 0.15) is 18.2 Å². The lowest BCUT2D eigenvalue weighted by atomic mass is 9.77. The van der Waals surface area contributed by atoms with E-state index in [0.29, 0.717) is 26.2 Å². The molecule has 10 heteroatoms. The first-order chi connectivity index (χ1) is 21.5. The molecule has 0 saturated carbocycles. The highest BCUT2D eigenvalue weighted by atomic mass is 16.7. The predicted octanol–water partition coefficient (Wildman–Crippen LogP) is 5.54. The summed E-state index contributed by atoms with van der Waals surface area (Å²) in [5.41, 5.74) is 5.33. The number of carbonyl (C=O) groups is 1. The van der Waals surface area contributed by atoms with Gasteiger partial charge in [-0.3, -0.25) is 4.79 Å². The van der Waals surface area contributed by atoms with Crippen LogP contribution in [-0.2, 0) is 30.2 Å². The van der Waals surface area contributed by atoms with Gasteiger partial charge in [0.2, 0.25) is 5.91 Å². The lowest BCUT2D eigenvalue weighted by Crippen LogP contribution is -2.41. The fourth-order valence-electron chi connectivity index (χ4n) is 6.87. The van der Waals surface area contributed by atoms with Gasteiger partial charge in [-0.05, 0) is 81.2 Å². The smallest absolute Gasteiger partial charge is 0.488 e. The Morgan fingerprint density at radius 2 is 1.87 bits per heavy atom. The zero-order valence-electron chi connectivity index (χ0n) is 27.2. The van der Waals surface area contributed by atoms with Crippen LogP contribution in [0.1, 0.15) is 64.9 Å². The minimum atomic E-state index is -0.417. The number of hydrogen-bond donors (Lipinski definition) is 1. The monoisotopic (exact) mass is 611 g/mol. The highest BCUT2D eigenvalue weighted by Gasteiger charge is 2.51. The highest BCUT2D eigenvalue weighted by molar-refractivity contribution is 6.62. The second-order valence-corrected chi connectivity index (χ2v) is 13.8. The standard InChI is InChI=1S/C35H42BN3O6/c1-20(42-7)12-31(40)39-17-21(18-41-6)13-29(39)33-37-28-11-8-22-15-27-25-10-9-24(36-44-34(2,3)35(4,5)45-36)14-23(25)19-43-30(27)16-26(22)32(28)38-33/h8-11,14-16,20-21,29H,12-13,17-19H2,1-7H3,(H,37,38). The molecule has 3 aliphatic heterocycles. The van der Waals surface area contributed by atoms with E-state index in [9.17, 15) is 4.79 Å². The first-order valence-corrected chi connectivity index (χ1v) is 15.9. The molecule has 9 nitrogen and oxygen atoms in total. The van der Waals surface area contributed by atoms with E-state index in [4.69, 9.17) is 28.5 Å². The van der Waals surface area contributed by atoms with Crippen molar-refractivity contribution in [2.45, 2.75) is 77.4 Å². The van der Waals surface area contributed by atoms with Crippen molar-refractivity contribution < 1.29 is 28.3 Å². The Morgan fingerprint density at radius 1 is 1.09 bits per heavy atom. The minimum Gasteiger partial charge on any atom is -0.488 e. The molecule has 4 heterocycles. The Hall–Kier alpha value is -3.44. The molecule has 236 valence electrons. The molecular weight excluding hydrogens is 569 g/mol. The van der Waals surface area contributed by atoms with Crippen LogP contribution in [0, 0.1) is 5.92 Å². The van der Waals surface area contributed by atoms with Crippen molar-refractivity contribution in [3.05, 3.63) is 53.9 Å². The number of H-pyrrole nitrogens is 1. The van der Waals surface area contributed by atoms with E-state index in [1.807, 2.05) is 11.8 Å². The molecular formula is C35H42BN3O6. The van der Waals surface area contributed by atoms with Crippen LogP contribution in [0.15, 0.2) is 42.5 Å². The van der Waals surface area contributed by atoms with E-state index in [-0.39, 0.29) is 24.0 Å². The molecule has 7 rings (SSSR count). The number of nitrogens with zero attached hydrogens (tertiary/aromatic N) is 2. The number of likely N-dealkylation sites (tertiary alicyclic amines) is 1. The fraction of sp³-hybridized carbons (Fsp3) is 0.486. The molecule has 0 bridgehead atoms. The van der Waals surface area contributed by atoms with Crippen LogP contribution in [0.3, 0.4) is 0 Å². The summed E-state index contributed by atoms with van der Waals surface area (Å²) in [7, 11) is 2.93. The van der Waals surface area contributed by atoms with E-state index in [1.165, 1.54) is 0 Å². The lowest BCUT2D eigenvalue weighted by Gasteiger charge is -2.32. The minimum absolute atomic E-state index is 0.0704. The molecule has 2 fully saturated rings. The van der Waals surface area contributed by atoms with E-state index < -0.39 is 18.3 Å². The number of aromatic amines is 1. The largest absolute Gasteiger partial charge is 0.494 e. The lowest BCUT2D eigenvalue weighted by molar-refractivity contribution is -0.134. The van der Waals surface area contributed by atoms with E-state index >= 15 is 0 Å². The molecule has 3 aromatic carbocycles. The molecule has 4 aromatic rings. The molecule has 1 aromatic heterocycles. The van der Waals surface area contributed by atoms with Gasteiger partial charge in [0.25, 0.3) is 0 Å². The van der Waals surface area contributed by atoms with Gasteiger partial charge in [-0.2, -0.15) is 0 Å². The Bertz CT molecular complexity index is 1770. The van der Waals surface area contributed by atoms with Crippen molar-refractivity contribution >= 4 is 40.3 Å². The second kappa shape index (κ2) is 11.1. The van der Waals surface area contributed by atoms with Crippen LogP contribution in [-0.4, -0.2) is 72.6 Å². The third kappa shape index (κ3) is 5.21. The van der Waals surface area contributed by atoms with E-state index in [0.717, 1.165) is 62.0 Å². The summed E-state index contributed by atoms with van der Waals surface area (Å²) < 4.78 is 29.8. The number of ether oxygens (including phenoxy) is 3. The fourth-order valence-corrected chi connectivity index (χ4v) is 6.87. The van der Waals surface area contributed by atoms with Crippen LogP contribution in [0.25, 0.3) is 32.9 Å². The summed E-state index contributed by atoms with van der Waals surface area (Å²) in [4.78, 5) is 23.9. The molecule has 3 unspecified atom stereocenters. The number of amides is 1. The van der Waals surface area contributed by atoms with Crippen molar-refractivity contribution in [1.29, 1.82) is 0 Å². The normalized spacial score (nSPS) is 22.5. The van der Waals surface area contributed by atoms with Crippen molar-refractivity contribution in [3.8, 4) is 16.9 Å². The van der Waals surface area contributed by atoms with Gasteiger partial charge in [0, 0.05) is 37.6 Å². The van der Waals surface area contributed by atoms with Crippen LogP contribution in [0.5, 0.6) is 5.75 Å². The Balaban J connectivity index is 1.21. The van der Waals surface area contributed by atoms with E-state index in [2.05, 4.69) is 75.1 Å². The Kier molecular flexibility index (Phi) is 7.47. The zero-order chi connectivity index (χ0) is 31.7. The summed E-state index contributed by atoms with van der Waals surface area (Å²) in [5.74, 6) is 1.95. The molecule has 1 N–H and O–H groups in total. The van der Waals surface area contributed by atoms with Crippen molar-refractivity contribution in [1.82, 2.24) is 14.9 Å². The average Bonchev–Trinajstić information content (AvgIpc) is 3.69. The maximum atomic E-state index is 13.3. The molecule has 45 heavy (non-hydrogen) atoms. The number of benzene rings is 3. The molecule has 2 saturated heterocycles. The summed E-state index contributed by atoms with van der Waals surface area (Å²) >= 11 is 0. The van der Waals surface area contributed by atoms with Gasteiger partial charge >= 0.3 is 7.12 Å². The van der Waals surface area contributed by atoms with Crippen LogP contribution >= 0.6 is 0 Å². The summed E-state index contributed by atoms with van der Waals surface area (Å²) in [6, 6.07) is 14.7. The van der Waals surface area contributed by atoms with Gasteiger partial charge in [0.05, 0.1) is 47.4 Å². The number of methoxy groups -OCH3 is 2. The van der Waals surface area contributed by atoms with Crippen LogP contribution in [0.2, 0.25) is 0 Å². The molecule has 3 atom stereocenters. The number of fused-ring (bicyclic) bond motifs is 6. The van der Waals surface area contributed by atoms with Gasteiger partial charge in [-0.1, -0.05) is 24.3 Å². The molecule has 0 spiro atoms. The van der Waals surface area contributed by atoms with Crippen molar-refractivity contribution in [2.75, 3.05) is 27.4 Å². The van der Waals surface area contributed by atoms with Crippen LogP contribution < -0.4 is 10.2 Å². The first-order valence-electron chi connectivity index (χ1n) is 15.9. The van der Waals surface area contributed by atoms with E-state index in [1.54, 1.807) is 14.2 Å². The molecule has 0 aliphatic carbocycles. The predicted molar refractivity (Wildman–Crippen MR) is 175 cm³/mol. The first kappa shape index (κ1) is 30.2. The number of aromatic nitrogens is 2. The van der Waals surface area contributed by atoms with Crippen molar-refractivity contribution in [3.63, 3.8) is 0 Å². The maximum Gasteiger partial charge on any atom is 0.494 e. The quantitative estimate of drug-likeness (QED) is 0.275. The summed E-state index contributed by atoms with van der Waals surface area (Å²) in [6.07, 6.45) is 0.978. The van der Waals surface area contributed by atoms with Crippen molar-refractivity contribution in [2.24, 2.45) is 5.92 Å². The Morgan fingerprint density at radius 3 is 2.60 bits per heavy atom.